The van der Waals surface area contributed by atoms with Crippen LogP contribution in [0.25, 0.3) is 0 Å². The molecule has 1 saturated carbocycles. The predicted molar refractivity (Wildman–Crippen MR) is 60.7 cm³/mol. The van der Waals surface area contributed by atoms with Crippen molar-refractivity contribution in [3.63, 3.8) is 0 Å². The topological polar surface area (TPSA) is 49.4 Å². The van der Waals surface area contributed by atoms with Crippen LogP contribution in [0, 0.1) is 5.41 Å². The largest absolute Gasteiger partial charge is 0.343 e. The highest BCUT2D eigenvalue weighted by Crippen LogP contribution is 2.50. The molecule has 16 heavy (non-hydrogen) atoms. The van der Waals surface area contributed by atoms with E-state index in [-0.39, 0.29) is 35.4 Å². The van der Waals surface area contributed by atoms with E-state index in [1.807, 2.05) is 11.8 Å². The lowest BCUT2D eigenvalue weighted by Crippen LogP contribution is -2.63. The normalized spacial score (nSPS) is 37.2. The van der Waals surface area contributed by atoms with Crippen LogP contribution in [0.2, 0.25) is 0 Å². The van der Waals surface area contributed by atoms with Crippen molar-refractivity contribution < 1.29 is 9.59 Å². The minimum atomic E-state index is -0.369. The summed E-state index contributed by atoms with van der Waals surface area (Å²) in [6, 6.07) is -0.388. The number of carbonyl (C=O) groups excluding carboxylic acids is 2. The molecule has 0 bridgehead atoms. The Kier molecular flexibility index (Phi) is 2.48. The lowest BCUT2D eigenvalue weighted by molar-refractivity contribution is -0.150. The number of carbonyl (C=O) groups is 2. The second-order valence-corrected chi connectivity index (χ2v) is 5.61. The predicted octanol–water partition coefficient (Wildman–Crippen LogP) is 0.910. The Morgan fingerprint density at radius 2 is 2.00 bits per heavy atom. The average Bonchev–Trinajstić information content (AvgIpc) is 2.80. The second kappa shape index (κ2) is 3.47. The molecule has 2 aliphatic rings. The highest BCUT2D eigenvalue weighted by atomic mass is 16.2. The van der Waals surface area contributed by atoms with Crippen LogP contribution in [0.3, 0.4) is 0 Å². The van der Waals surface area contributed by atoms with Crippen molar-refractivity contribution in [3.8, 4) is 0 Å². The molecule has 3 atom stereocenters. The zero-order chi connectivity index (χ0) is 12.1. The second-order valence-electron chi connectivity index (χ2n) is 5.61. The molecule has 0 spiro atoms. The molecule has 0 aromatic rings. The van der Waals surface area contributed by atoms with E-state index in [1.54, 1.807) is 6.92 Å². The summed E-state index contributed by atoms with van der Waals surface area (Å²) in [5, 5.41) is 2.74. The van der Waals surface area contributed by atoms with Gasteiger partial charge >= 0.3 is 0 Å². The van der Waals surface area contributed by atoms with Crippen LogP contribution in [-0.2, 0) is 9.59 Å². The number of nitrogens with one attached hydrogen (secondary N) is 1. The molecule has 1 heterocycles. The molecule has 2 fully saturated rings. The van der Waals surface area contributed by atoms with Crippen molar-refractivity contribution in [2.75, 3.05) is 0 Å². The van der Waals surface area contributed by atoms with Crippen LogP contribution in [-0.4, -0.2) is 34.8 Å². The molecule has 0 aromatic heterocycles. The standard InChI is InChI=1S/C12H20N2O2/c1-5-8-10(15)13-7(2)11(16)14(8)9-6-12(9,3)4/h7-9H,5-6H2,1-4H3,(H,13,15). The van der Waals surface area contributed by atoms with Gasteiger partial charge in [-0.1, -0.05) is 20.8 Å². The quantitative estimate of drug-likeness (QED) is 0.758. The summed E-state index contributed by atoms with van der Waals surface area (Å²) < 4.78 is 0. The van der Waals surface area contributed by atoms with Crippen LogP contribution >= 0.6 is 0 Å². The number of hydrogen-bond donors (Lipinski definition) is 1. The van der Waals surface area contributed by atoms with E-state index in [2.05, 4.69) is 19.2 Å². The monoisotopic (exact) mass is 224 g/mol. The molecule has 0 radical (unpaired) electrons. The van der Waals surface area contributed by atoms with E-state index in [4.69, 9.17) is 0 Å². The molecule has 4 nitrogen and oxygen atoms in total. The molecule has 3 unspecified atom stereocenters. The minimum absolute atomic E-state index is 0.00250. The fourth-order valence-electron chi connectivity index (χ4n) is 2.54. The summed E-state index contributed by atoms with van der Waals surface area (Å²) in [6.45, 7) is 8.01. The van der Waals surface area contributed by atoms with Crippen LogP contribution in [0.1, 0.15) is 40.5 Å². The van der Waals surface area contributed by atoms with Gasteiger partial charge in [0.15, 0.2) is 0 Å². The smallest absolute Gasteiger partial charge is 0.245 e. The summed E-state index contributed by atoms with van der Waals surface area (Å²) in [6.07, 6.45) is 1.70. The molecule has 1 saturated heterocycles. The first-order chi connectivity index (χ1) is 7.38. The number of rotatable bonds is 2. The maximum Gasteiger partial charge on any atom is 0.245 e. The van der Waals surface area contributed by atoms with Crippen molar-refractivity contribution in [1.82, 2.24) is 10.2 Å². The average molecular weight is 224 g/mol. The highest BCUT2D eigenvalue weighted by Gasteiger charge is 2.55. The molecule has 1 aliphatic carbocycles. The van der Waals surface area contributed by atoms with Gasteiger partial charge < -0.3 is 10.2 Å². The van der Waals surface area contributed by atoms with E-state index in [1.165, 1.54) is 0 Å². The van der Waals surface area contributed by atoms with Gasteiger partial charge in [-0.3, -0.25) is 9.59 Å². The first-order valence-electron chi connectivity index (χ1n) is 6.01. The van der Waals surface area contributed by atoms with Crippen molar-refractivity contribution in [1.29, 1.82) is 0 Å². The SMILES string of the molecule is CCC1C(=O)NC(C)C(=O)N1C1CC1(C)C. The molecular weight excluding hydrogens is 204 g/mol. The van der Waals surface area contributed by atoms with Crippen LogP contribution in [0.15, 0.2) is 0 Å². The summed E-state index contributed by atoms with van der Waals surface area (Å²) in [4.78, 5) is 25.8. The first kappa shape index (κ1) is 11.4. The number of amides is 2. The van der Waals surface area contributed by atoms with Gasteiger partial charge in [-0.05, 0) is 25.2 Å². The highest BCUT2D eigenvalue weighted by molar-refractivity contribution is 5.97. The lowest BCUT2D eigenvalue weighted by Gasteiger charge is -2.38. The fourth-order valence-corrected chi connectivity index (χ4v) is 2.54. The zero-order valence-electron chi connectivity index (χ0n) is 10.4. The van der Waals surface area contributed by atoms with Gasteiger partial charge in [-0.15, -0.1) is 0 Å². The van der Waals surface area contributed by atoms with Gasteiger partial charge in [0.25, 0.3) is 0 Å². The van der Waals surface area contributed by atoms with E-state index >= 15 is 0 Å². The van der Waals surface area contributed by atoms with E-state index in [0.717, 1.165) is 6.42 Å². The summed E-state index contributed by atoms with van der Waals surface area (Å²) >= 11 is 0. The molecule has 1 aliphatic heterocycles. The third-order valence-corrected chi connectivity index (χ3v) is 3.81. The molecule has 2 rings (SSSR count). The molecule has 90 valence electrons. The number of piperazine rings is 1. The summed E-state index contributed by atoms with van der Waals surface area (Å²) in [5.41, 5.74) is 0.181. The third kappa shape index (κ3) is 1.60. The molecule has 4 heteroatoms. The lowest BCUT2D eigenvalue weighted by atomic mass is 10.0. The third-order valence-electron chi connectivity index (χ3n) is 3.81. The van der Waals surface area contributed by atoms with E-state index < -0.39 is 0 Å². The van der Waals surface area contributed by atoms with Gasteiger partial charge in [-0.2, -0.15) is 0 Å². The summed E-state index contributed by atoms with van der Waals surface area (Å²) in [7, 11) is 0. The number of nitrogens with zero attached hydrogens (tertiary/aromatic N) is 1. The molecule has 2 amide bonds. The Hall–Kier alpha value is -1.06. The van der Waals surface area contributed by atoms with Gasteiger partial charge in [0, 0.05) is 6.04 Å². The van der Waals surface area contributed by atoms with Crippen molar-refractivity contribution >= 4 is 11.8 Å². The Bertz CT molecular complexity index is 338. The summed E-state index contributed by atoms with van der Waals surface area (Å²) in [5.74, 6) is 0.0688. The van der Waals surface area contributed by atoms with Gasteiger partial charge in [0.05, 0.1) is 0 Å². The van der Waals surface area contributed by atoms with Crippen LogP contribution in [0.4, 0.5) is 0 Å². The van der Waals surface area contributed by atoms with Crippen LogP contribution < -0.4 is 5.32 Å². The molecule has 0 aromatic carbocycles. The van der Waals surface area contributed by atoms with Gasteiger partial charge in [-0.25, -0.2) is 0 Å². The Morgan fingerprint density at radius 1 is 1.44 bits per heavy atom. The van der Waals surface area contributed by atoms with E-state index in [9.17, 15) is 9.59 Å². The van der Waals surface area contributed by atoms with Crippen molar-refractivity contribution in [2.45, 2.75) is 58.7 Å². The fraction of sp³-hybridized carbons (Fsp3) is 0.833. The van der Waals surface area contributed by atoms with Gasteiger partial charge in [0.1, 0.15) is 12.1 Å². The van der Waals surface area contributed by atoms with Gasteiger partial charge in [0.2, 0.25) is 11.8 Å². The Balaban J connectivity index is 2.24. The zero-order valence-corrected chi connectivity index (χ0v) is 10.4. The maximum absolute atomic E-state index is 12.1. The molecule has 1 N–H and O–H groups in total. The van der Waals surface area contributed by atoms with Crippen molar-refractivity contribution in [2.24, 2.45) is 5.41 Å². The Morgan fingerprint density at radius 3 is 2.44 bits per heavy atom. The molecular formula is C12H20N2O2. The van der Waals surface area contributed by atoms with E-state index in [0.29, 0.717) is 6.42 Å². The van der Waals surface area contributed by atoms with Crippen molar-refractivity contribution in [3.05, 3.63) is 0 Å². The maximum atomic E-state index is 12.1. The first-order valence-corrected chi connectivity index (χ1v) is 6.01. The van der Waals surface area contributed by atoms with Crippen LogP contribution in [0.5, 0.6) is 0 Å². The number of hydrogen-bond acceptors (Lipinski definition) is 2. The minimum Gasteiger partial charge on any atom is -0.343 e. The Labute approximate surface area is 96.4 Å².